The molecule has 28 heavy (non-hydrogen) atoms. The third-order valence-corrected chi connectivity index (χ3v) is 4.25. The van der Waals surface area contributed by atoms with Gasteiger partial charge in [0.1, 0.15) is 16.6 Å². The van der Waals surface area contributed by atoms with E-state index in [1.54, 1.807) is 24.3 Å². The Balaban J connectivity index is 1.62. The zero-order valence-corrected chi connectivity index (χ0v) is 14.9. The molecule has 0 saturated heterocycles. The van der Waals surface area contributed by atoms with E-state index in [2.05, 4.69) is 15.5 Å². The van der Waals surface area contributed by atoms with Crippen molar-refractivity contribution >= 4 is 28.3 Å². The van der Waals surface area contributed by atoms with Crippen LogP contribution in [-0.4, -0.2) is 25.8 Å². The maximum absolute atomic E-state index is 12.5. The number of hydrogen-bond donors (Lipinski definition) is 1. The number of amides is 1. The van der Waals surface area contributed by atoms with E-state index in [1.165, 1.54) is 23.0 Å². The first-order valence-corrected chi connectivity index (χ1v) is 8.50. The predicted octanol–water partition coefficient (Wildman–Crippen LogP) is 3.89. The fourth-order valence-electron chi connectivity index (χ4n) is 2.81. The SMILES string of the molecule is Cc1ccc(-n2nc3ccc(NC(=O)c4ccccc4[N+](=O)[O-])cc3n2)cc1. The number of carbonyl (C=O) groups is 1. The Morgan fingerprint density at radius 3 is 2.46 bits per heavy atom. The number of rotatable bonds is 4. The van der Waals surface area contributed by atoms with Gasteiger partial charge in [-0.15, -0.1) is 10.2 Å². The molecule has 0 saturated carbocycles. The number of para-hydroxylation sites is 1. The number of nitro benzene ring substituents is 1. The standard InChI is InChI=1S/C20H15N5O3/c1-13-6-9-15(10-7-13)24-22-17-11-8-14(12-18(17)23-24)21-20(26)16-4-2-3-5-19(16)25(27)28/h2-12H,1H3,(H,21,26). The molecule has 4 rings (SSSR count). The summed E-state index contributed by atoms with van der Waals surface area (Å²) in [5, 5.41) is 22.7. The summed E-state index contributed by atoms with van der Waals surface area (Å²) in [7, 11) is 0. The molecular weight excluding hydrogens is 358 g/mol. The van der Waals surface area contributed by atoms with Gasteiger partial charge in [-0.3, -0.25) is 14.9 Å². The van der Waals surface area contributed by atoms with Crippen LogP contribution >= 0.6 is 0 Å². The third kappa shape index (κ3) is 3.30. The number of nitrogens with one attached hydrogen (secondary N) is 1. The topological polar surface area (TPSA) is 103 Å². The molecular formula is C20H15N5O3. The van der Waals surface area contributed by atoms with Gasteiger partial charge in [-0.1, -0.05) is 29.8 Å². The van der Waals surface area contributed by atoms with Crippen molar-refractivity contribution in [2.45, 2.75) is 6.92 Å². The monoisotopic (exact) mass is 373 g/mol. The van der Waals surface area contributed by atoms with E-state index in [4.69, 9.17) is 0 Å². The van der Waals surface area contributed by atoms with Crippen molar-refractivity contribution in [3.63, 3.8) is 0 Å². The van der Waals surface area contributed by atoms with Gasteiger partial charge in [0.2, 0.25) is 0 Å². The molecule has 1 N–H and O–H groups in total. The highest BCUT2D eigenvalue weighted by atomic mass is 16.6. The Morgan fingerprint density at radius 1 is 1.00 bits per heavy atom. The average molecular weight is 373 g/mol. The summed E-state index contributed by atoms with van der Waals surface area (Å²) in [6.07, 6.45) is 0. The lowest BCUT2D eigenvalue weighted by Crippen LogP contribution is -2.13. The van der Waals surface area contributed by atoms with Crippen molar-refractivity contribution in [3.05, 3.63) is 88.0 Å². The van der Waals surface area contributed by atoms with Gasteiger partial charge in [-0.25, -0.2) is 0 Å². The molecule has 0 aliphatic carbocycles. The lowest BCUT2D eigenvalue weighted by atomic mass is 10.1. The van der Waals surface area contributed by atoms with Crippen molar-refractivity contribution in [1.82, 2.24) is 15.0 Å². The normalized spacial score (nSPS) is 10.8. The quantitative estimate of drug-likeness (QED) is 0.432. The Morgan fingerprint density at radius 2 is 1.71 bits per heavy atom. The fourth-order valence-corrected chi connectivity index (χ4v) is 2.81. The van der Waals surface area contributed by atoms with Crippen molar-refractivity contribution in [2.24, 2.45) is 0 Å². The number of anilines is 1. The molecule has 1 amide bonds. The molecule has 0 atom stereocenters. The zero-order chi connectivity index (χ0) is 19.7. The summed E-state index contributed by atoms with van der Waals surface area (Å²) in [5.41, 5.74) is 3.46. The molecule has 0 fully saturated rings. The summed E-state index contributed by atoms with van der Waals surface area (Å²) in [4.78, 5) is 24.5. The first-order valence-electron chi connectivity index (χ1n) is 8.50. The minimum atomic E-state index is -0.578. The van der Waals surface area contributed by atoms with E-state index < -0.39 is 10.8 Å². The van der Waals surface area contributed by atoms with Gasteiger partial charge in [0.15, 0.2) is 0 Å². The van der Waals surface area contributed by atoms with Crippen molar-refractivity contribution < 1.29 is 9.72 Å². The van der Waals surface area contributed by atoms with Crippen LogP contribution in [0.15, 0.2) is 66.7 Å². The highest BCUT2D eigenvalue weighted by Crippen LogP contribution is 2.21. The van der Waals surface area contributed by atoms with Gasteiger partial charge in [0.05, 0.1) is 10.6 Å². The molecule has 138 valence electrons. The average Bonchev–Trinajstić information content (AvgIpc) is 3.11. The molecule has 1 aromatic heterocycles. The van der Waals surface area contributed by atoms with E-state index >= 15 is 0 Å². The number of nitro groups is 1. The lowest BCUT2D eigenvalue weighted by Gasteiger charge is -2.05. The van der Waals surface area contributed by atoms with Gasteiger partial charge in [-0.2, -0.15) is 4.80 Å². The van der Waals surface area contributed by atoms with Crippen LogP contribution in [0.3, 0.4) is 0 Å². The predicted molar refractivity (Wildman–Crippen MR) is 105 cm³/mol. The van der Waals surface area contributed by atoms with E-state index in [-0.39, 0.29) is 11.3 Å². The highest BCUT2D eigenvalue weighted by molar-refractivity contribution is 6.07. The Hall–Kier alpha value is -4.07. The Kier molecular flexibility index (Phi) is 4.29. The van der Waals surface area contributed by atoms with Crippen LogP contribution in [0.4, 0.5) is 11.4 Å². The second kappa shape index (κ2) is 6.92. The van der Waals surface area contributed by atoms with E-state index in [1.807, 2.05) is 31.2 Å². The number of fused-ring (bicyclic) bond motifs is 1. The molecule has 8 nitrogen and oxygen atoms in total. The smallest absolute Gasteiger partial charge is 0.282 e. The second-order valence-electron chi connectivity index (χ2n) is 6.26. The second-order valence-corrected chi connectivity index (χ2v) is 6.26. The Bertz CT molecular complexity index is 1200. The number of nitrogens with zero attached hydrogens (tertiary/aromatic N) is 4. The van der Waals surface area contributed by atoms with Crippen LogP contribution in [0.5, 0.6) is 0 Å². The minimum absolute atomic E-state index is 0.00379. The summed E-state index contributed by atoms with van der Waals surface area (Å²) < 4.78 is 0. The van der Waals surface area contributed by atoms with Crippen LogP contribution in [0.2, 0.25) is 0 Å². The van der Waals surface area contributed by atoms with Gasteiger partial charge >= 0.3 is 0 Å². The molecule has 3 aromatic carbocycles. The first-order chi connectivity index (χ1) is 13.5. The van der Waals surface area contributed by atoms with E-state index in [0.717, 1.165) is 11.3 Å². The Labute approximate surface area is 159 Å². The maximum atomic E-state index is 12.5. The fraction of sp³-hybridized carbons (Fsp3) is 0.0500. The summed E-state index contributed by atoms with van der Waals surface area (Å²) >= 11 is 0. The van der Waals surface area contributed by atoms with E-state index in [9.17, 15) is 14.9 Å². The summed E-state index contributed by atoms with van der Waals surface area (Å²) in [5.74, 6) is -0.558. The minimum Gasteiger partial charge on any atom is -0.322 e. The molecule has 0 spiro atoms. The maximum Gasteiger partial charge on any atom is 0.282 e. The molecule has 4 aromatic rings. The number of hydrogen-bond acceptors (Lipinski definition) is 5. The van der Waals surface area contributed by atoms with Gasteiger partial charge in [0.25, 0.3) is 11.6 Å². The molecule has 0 bridgehead atoms. The molecule has 0 radical (unpaired) electrons. The molecule has 0 unspecified atom stereocenters. The van der Waals surface area contributed by atoms with Gasteiger partial charge < -0.3 is 5.32 Å². The number of aromatic nitrogens is 3. The first kappa shape index (κ1) is 17.3. The zero-order valence-electron chi connectivity index (χ0n) is 14.9. The molecule has 0 aliphatic heterocycles. The van der Waals surface area contributed by atoms with Crippen LogP contribution < -0.4 is 5.32 Å². The van der Waals surface area contributed by atoms with Crippen molar-refractivity contribution in [2.75, 3.05) is 5.32 Å². The number of benzene rings is 3. The van der Waals surface area contributed by atoms with Crippen LogP contribution in [0.25, 0.3) is 16.7 Å². The third-order valence-electron chi connectivity index (χ3n) is 4.25. The molecule has 8 heteroatoms. The van der Waals surface area contributed by atoms with Gasteiger partial charge in [0, 0.05) is 11.8 Å². The summed E-state index contributed by atoms with van der Waals surface area (Å²) in [6, 6.07) is 18.7. The van der Waals surface area contributed by atoms with Crippen LogP contribution in [0, 0.1) is 17.0 Å². The van der Waals surface area contributed by atoms with Crippen LogP contribution in [0.1, 0.15) is 15.9 Å². The van der Waals surface area contributed by atoms with Crippen molar-refractivity contribution in [3.8, 4) is 5.69 Å². The largest absolute Gasteiger partial charge is 0.322 e. The molecule has 1 heterocycles. The van der Waals surface area contributed by atoms with E-state index in [0.29, 0.717) is 16.7 Å². The van der Waals surface area contributed by atoms with Crippen LogP contribution in [-0.2, 0) is 0 Å². The molecule has 0 aliphatic rings. The van der Waals surface area contributed by atoms with Gasteiger partial charge in [-0.05, 0) is 43.3 Å². The number of aryl methyl sites for hydroxylation is 1. The number of carbonyl (C=O) groups excluding carboxylic acids is 1. The highest BCUT2D eigenvalue weighted by Gasteiger charge is 2.19. The summed E-state index contributed by atoms with van der Waals surface area (Å²) in [6.45, 7) is 2.00. The van der Waals surface area contributed by atoms with Crippen molar-refractivity contribution in [1.29, 1.82) is 0 Å². The lowest BCUT2D eigenvalue weighted by molar-refractivity contribution is -0.385.